The molecule has 0 spiro atoms. The molecule has 0 saturated carbocycles. The van der Waals surface area contributed by atoms with Crippen LogP contribution in [0.25, 0.3) is 0 Å². The summed E-state index contributed by atoms with van der Waals surface area (Å²) in [5, 5.41) is 10.2. The van der Waals surface area contributed by atoms with Crippen LogP contribution < -0.4 is 0 Å². The molecule has 3 heteroatoms. The number of rotatable bonds is 3. The van der Waals surface area contributed by atoms with Crippen molar-refractivity contribution >= 4 is 11.3 Å². The van der Waals surface area contributed by atoms with E-state index in [9.17, 15) is 5.11 Å². The quantitative estimate of drug-likeness (QED) is 0.902. The molecule has 0 bridgehead atoms. The number of aliphatic hydroxyl groups is 1. The number of aryl methyl sites for hydroxylation is 2. The Hall–Kier alpha value is -1.19. The van der Waals surface area contributed by atoms with Crippen LogP contribution in [0.4, 0.5) is 0 Å². The summed E-state index contributed by atoms with van der Waals surface area (Å²) in [5.74, 6) is 0. The summed E-state index contributed by atoms with van der Waals surface area (Å²) in [6, 6.07) is 6.41. The number of hydrogen-bond acceptors (Lipinski definition) is 3. The molecule has 2 aromatic rings. The predicted molar refractivity (Wildman–Crippen MR) is 69.2 cm³/mol. The lowest BCUT2D eigenvalue weighted by atomic mass is 10.0. The van der Waals surface area contributed by atoms with E-state index in [1.54, 1.807) is 11.3 Å². The van der Waals surface area contributed by atoms with Gasteiger partial charge in [-0.2, -0.15) is 0 Å². The van der Waals surface area contributed by atoms with Gasteiger partial charge in [-0.15, -0.1) is 11.3 Å². The zero-order valence-corrected chi connectivity index (χ0v) is 10.4. The van der Waals surface area contributed by atoms with Gasteiger partial charge in [0.15, 0.2) is 0 Å². The van der Waals surface area contributed by atoms with Gasteiger partial charge in [-0.1, -0.05) is 18.2 Å². The van der Waals surface area contributed by atoms with E-state index in [0.29, 0.717) is 6.42 Å². The van der Waals surface area contributed by atoms with Crippen molar-refractivity contribution in [2.45, 2.75) is 31.8 Å². The Labute approximate surface area is 105 Å². The molecule has 0 amide bonds. The van der Waals surface area contributed by atoms with Crippen molar-refractivity contribution in [2.24, 2.45) is 0 Å². The molecule has 17 heavy (non-hydrogen) atoms. The van der Waals surface area contributed by atoms with E-state index in [1.165, 1.54) is 24.0 Å². The van der Waals surface area contributed by atoms with Crippen molar-refractivity contribution in [3.63, 3.8) is 0 Å². The molecule has 88 valence electrons. The van der Waals surface area contributed by atoms with Gasteiger partial charge in [-0.25, -0.2) is 0 Å². The molecule has 1 unspecified atom stereocenters. The summed E-state index contributed by atoms with van der Waals surface area (Å²) in [6.07, 6.45) is 5.71. The van der Waals surface area contributed by atoms with E-state index >= 15 is 0 Å². The highest BCUT2D eigenvalue weighted by molar-refractivity contribution is 7.09. The second-order valence-electron chi connectivity index (χ2n) is 4.57. The van der Waals surface area contributed by atoms with Crippen LogP contribution in [0.3, 0.4) is 0 Å². The summed E-state index contributed by atoms with van der Waals surface area (Å²) in [4.78, 5) is 5.17. The van der Waals surface area contributed by atoms with Crippen molar-refractivity contribution < 1.29 is 5.11 Å². The third kappa shape index (κ3) is 2.26. The minimum Gasteiger partial charge on any atom is -0.388 e. The molecule has 3 rings (SSSR count). The molecule has 1 aromatic carbocycles. The van der Waals surface area contributed by atoms with Crippen LogP contribution in [0, 0.1) is 0 Å². The number of thiazole rings is 1. The highest BCUT2D eigenvalue weighted by atomic mass is 32.1. The SMILES string of the molecule is OC(Cc1cncs1)c1ccc2c(c1)CCC2. The zero-order chi connectivity index (χ0) is 11.7. The molecular formula is C14H15NOS. The Bertz CT molecular complexity index is 507. The van der Waals surface area contributed by atoms with Crippen molar-refractivity contribution in [3.8, 4) is 0 Å². The van der Waals surface area contributed by atoms with E-state index in [2.05, 4.69) is 23.2 Å². The fourth-order valence-corrected chi connectivity index (χ4v) is 3.08. The normalized spacial score (nSPS) is 15.8. The van der Waals surface area contributed by atoms with Crippen molar-refractivity contribution in [3.05, 3.63) is 51.5 Å². The number of hydrogen-bond donors (Lipinski definition) is 1. The highest BCUT2D eigenvalue weighted by Crippen LogP contribution is 2.27. The van der Waals surface area contributed by atoms with E-state index < -0.39 is 6.10 Å². The maximum atomic E-state index is 10.2. The van der Waals surface area contributed by atoms with E-state index in [0.717, 1.165) is 16.9 Å². The Kier molecular flexibility index (Phi) is 2.95. The molecule has 1 heterocycles. The van der Waals surface area contributed by atoms with Gasteiger partial charge < -0.3 is 5.11 Å². The summed E-state index contributed by atoms with van der Waals surface area (Å²) in [5.41, 5.74) is 5.73. The van der Waals surface area contributed by atoms with Crippen LogP contribution in [-0.2, 0) is 19.3 Å². The first-order valence-electron chi connectivity index (χ1n) is 6.00. The second-order valence-corrected chi connectivity index (χ2v) is 5.54. The van der Waals surface area contributed by atoms with Crippen LogP contribution in [-0.4, -0.2) is 10.1 Å². The Morgan fingerprint density at radius 2 is 2.18 bits per heavy atom. The molecule has 2 nitrogen and oxygen atoms in total. The molecule has 1 aliphatic carbocycles. The lowest BCUT2D eigenvalue weighted by Crippen LogP contribution is -2.01. The van der Waals surface area contributed by atoms with Gasteiger partial charge in [0.05, 0.1) is 11.6 Å². The monoisotopic (exact) mass is 245 g/mol. The summed E-state index contributed by atoms with van der Waals surface area (Å²) < 4.78 is 0. The van der Waals surface area contributed by atoms with Crippen LogP contribution in [0.2, 0.25) is 0 Å². The lowest BCUT2D eigenvalue weighted by Gasteiger charge is -2.11. The van der Waals surface area contributed by atoms with Crippen LogP contribution in [0.15, 0.2) is 29.9 Å². The number of fused-ring (bicyclic) bond motifs is 1. The fourth-order valence-electron chi connectivity index (χ4n) is 2.45. The van der Waals surface area contributed by atoms with E-state index in [4.69, 9.17) is 0 Å². The lowest BCUT2D eigenvalue weighted by molar-refractivity contribution is 0.179. The topological polar surface area (TPSA) is 33.1 Å². The third-order valence-electron chi connectivity index (χ3n) is 3.39. The first kappa shape index (κ1) is 10.9. The van der Waals surface area contributed by atoms with Crippen molar-refractivity contribution in [1.29, 1.82) is 0 Å². The molecule has 0 saturated heterocycles. The standard InChI is InChI=1S/C14H15NOS/c16-14(7-13-8-15-9-17-13)12-5-4-10-2-1-3-11(10)6-12/h4-6,8-9,14,16H,1-3,7H2. The highest BCUT2D eigenvalue weighted by Gasteiger charge is 2.15. The number of benzene rings is 1. The van der Waals surface area contributed by atoms with E-state index in [1.807, 2.05) is 11.7 Å². The molecule has 1 aromatic heterocycles. The largest absolute Gasteiger partial charge is 0.388 e. The number of nitrogens with zero attached hydrogens (tertiary/aromatic N) is 1. The van der Waals surface area contributed by atoms with Gasteiger partial charge in [-0.05, 0) is 36.0 Å². The molecular weight excluding hydrogens is 230 g/mol. The molecule has 0 radical (unpaired) electrons. The minimum absolute atomic E-state index is 0.402. The van der Waals surface area contributed by atoms with Crippen molar-refractivity contribution in [2.75, 3.05) is 0 Å². The van der Waals surface area contributed by atoms with Gasteiger partial charge in [0.25, 0.3) is 0 Å². The predicted octanol–water partition coefficient (Wildman–Crippen LogP) is 2.91. The first-order chi connectivity index (χ1) is 8.33. The maximum absolute atomic E-state index is 10.2. The fraction of sp³-hybridized carbons (Fsp3) is 0.357. The molecule has 1 atom stereocenters. The van der Waals surface area contributed by atoms with Gasteiger partial charge in [-0.3, -0.25) is 4.98 Å². The average Bonchev–Trinajstić information content (AvgIpc) is 2.97. The maximum Gasteiger partial charge on any atom is 0.0838 e. The Morgan fingerprint density at radius 3 is 3.00 bits per heavy atom. The second kappa shape index (κ2) is 4.59. The number of aromatic nitrogens is 1. The summed E-state index contributed by atoms with van der Waals surface area (Å²) >= 11 is 1.60. The van der Waals surface area contributed by atoms with Gasteiger partial charge in [0.1, 0.15) is 0 Å². The summed E-state index contributed by atoms with van der Waals surface area (Å²) in [7, 11) is 0. The molecule has 1 N–H and O–H groups in total. The molecule has 1 aliphatic rings. The third-order valence-corrected chi connectivity index (χ3v) is 4.19. The minimum atomic E-state index is -0.402. The van der Waals surface area contributed by atoms with Crippen LogP contribution in [0.1, 0.15) is 34.1 Å². The van der Waals surface area contributed by atoms with Gasteiger partial charge in [0, 0.05) is 17.5 Å². The number of aliphatic hydroxyl groups excluding tert-OH is 1. The first-order valence-corrected chi connectivity index (χ1v) is 6.88. The zero-order valence-electron chi connectivity index (χ0n) is 9.60. The van der Waals surface area contributed by atoms with Crippen molar-refractivity contribution in [1.82, 2.24) is 4.98 Å². The van der Waals surface area contributed by atoms with Crippen LogP contribution >= 0.6 is 11.3 Å². The average molecular weight is 245 g/mol. The van der Waals surface area contributed by atoms with Crippen LogP contribution in [0.5, 0.6) is 0 Å². The smallest absolute Gasteiger partial charge is 0.0838 e. The van der Waals surface area contributed by atoms with Gasteiger partial charge >= 0.3 is 0 Å². The molecule has 0 fully saturated rings. The molecule has 0 aliphatic heterocycles. The van der Waals surface area contributed by atoms with Gasteiger partial charge in [0.2, 0.25) is 0 Å². The Morgan fingerprint density at radius 1 is 1.29 bits per heavy atom. The summed E-state index contributed by atoms with van der Waals surface area (Å²) in [6.45, 7) is 0. The Balaban J connectivity index is 1.79. The van der Waals surface area contributed by atoms with E-state index in [-0.39, 0.29) is 0 Å².